The number of aromatic nitrogens is 1. The number of pyridine rings is 1. The van der Waals surface area contributed by atoms with Crippen LogP contribution in [0.1, 0.15) is 27.8 Å². The maximum absolute atomic E-state index is 6.48. The number of aryl methyl sites for hydroxylation is 2. The lowest BCUT2D eigenvalue weighted by atomic mass is 10.00. The second-order valence-corrected chi connectivity index (χ2v) is 4.88. The number of alkyl halides is 1. The minimum atomic E-state index is -0.00944. The molecule has 0 amide bonds. The van der Waals surface area contributed by atoms with Gasteiger partial charge in [0, 0.05) is 18.3 Å². The molecule has 0 fully saturated rings. The van der Waals surface area contributed by atoms with Crippen LogP contribution in [0.15, 0.2) is 42.6 Å². The van der Waals surface area contributed by atoms with E-state index in [9.17, 15) is 0 Å². The van der Waals surface area contributed by atoms with E-state index < -0.39 is 0 Å². The van der Waals surface area contributed by atoms with Crippen molar-refractivity contribution in [3.05, 3.63) is 65.0 Å². The highest BCUT2D eigenvalue weighted by atomic mass is 35.5. The average Bonchev–Trinajstić information content (AvgIpc) is 2.33. The molecule has 1 aromatic heterocycles. The van der Waals surface area contributed by atoms with Crippen molar-refractivity contribution in [2.45, 2.75) is 25.6 Å². The van der Waals surface area contributed by atoms with Gasteiger partial charge in [-0.25, -0.2) is 0 Å². The van der Waals surface area contributed by atoms with Crippen molar-refractivity contribution < 1.29 is 0 Å². The molecule has 1 atom stereocenters. The Morgan fingerprint density at radius 3 is 2.71 bits per heavy atom. The molecule has 0 aliphatic heterocycles. The van der Waals surface area contributed by atoms with E-state index in [0.29, 0.717) is 0 Å². The van der Waals surface area contributed by atoms with Gasteiger partial charge >= 0.3 is 0 Å². The molecule has 0 spiro atoms. The van der Waals surface area contributed by atoms with Crippen LogP contribution in [0, 0.1) is 13.8 Å². The van der Waals surface area contributed by atoms with E-state index >= 15 is 0 Å². The molecule has 88 valence electrons. The summed E-state index contributed by atoms with van der Waals surface area (Å²) in [6.45, 7) is 4.19. The van der Waals surface area contributed by atoms with Gasteiger partial charge in [0.1, 0.15) is 0 Å². The predicted molar refractivity (Wildman–Crippen MR) is 72.5 cm³/mol. The Balaban J connectivity index is 2.20. The van der Waals surface area contributed by atoms with E-state index in [0.717, 1.165) is 12.1 Å². The van der Waals surface area contributed by atoms with E-state index in [1.807, 2.05) is 24.4 Å². The monoisotopic (exact) mass is 245 g/mol. The molecule has 1 heterocycles. The minimum absolute atomic E-state index is 0.00944. The number of hydrogen-bond acceptors (Lipinski definition) is 1. The number of hydrogen-bond donors (Lipinski definition) is 0. The van der Waals surface area contributed by atoms with E-state index in [1.54, 1.807) is 0 Å². The molecule has 2 aromatic rings. The molecule has 0 bridgehead atoms. The van der Waals surface area contributed by atoms with Gasteiger partial charge in [0.15, 0.2) is 0 Å². The Hall–Kier alpha value is -1.34. The summed E-state index contributed by atoms with van der Waals surface area (Å²) in [5, 5.41) is -0.00944. The summed E-state index contributed by atoms with van der Waals surface area (Å²) in [5.74, 6) is 0. The second kappa shape index (κ2) is 5.33. The van der Waals surface area contributed by atoms with Gasteiger partial charge in [-0.05, 0) is 37.1 Å². The molecule has 2 heteroatoms. The fourth-order valence-corrected chi connectivity index (χ4v) is 2.30. The van der Waals surface area contributed by atoms with Crippen LogP contribution in [0.4, 0.5) is 0 Å². The fourth-order valence-electron chi connectivity index (χ4n) is 1.91. The first kappa shape index (κ1) is 12.1. The van der Waals surface area contributed by atoms with Crippen LogP contribution < -0.4 is 0 Å². The number of rotatable bonds is 3. The maximum Gasteiger partial charge on any atom is 0.0643 e. The summed E-state index contributed by atoms with van der Waals surface area (Å²) >= 11 is 6.48. The zero-order chi connectivity index (χ0) is 12.3. The van der Waals surface area contributed by atoms with Gasteiger partial charge in [-0.15, -0.1) is 11.6 Å². The predicted octanol–water partition coefficient (Wildman–Crippen LogP) is 4.22. The van der Waals surface area contributed by atoms with Gasteiger partial charge in [-0.1, -0.05) is 29.8 Å². The molecular formula is C15H16ClN. The van der Waals surface area contributed by atoms with Crippen LogP contribution in [0.25, 0.3) is 0 Å². The van der Waals surface area contributed by atoms with Gasteiger partial charge in [0.05, 0.1) is 5.38 Å². The maximum atomic E-state index is 6.48. The van der Waals surface area contributed by atoms with Crippen LogP contribution in [0.5, 0.6) is 0 Å². The van der Waals surface area contributed by atoms with Gasteiger partial charge in [0.25, 0.3) is 0 Å². The zero-order valence-electron chi connectivity index (χ0n) is 10.2. The number of halogens is 1. The van der Waals surface area contributed by atoms with Crippen LogP contribution >= 0.6 is 11.6 Å². The van der Waals surface area contributed by atoms with E-state index in [4.69, 9.17) is 11.6 Å². The molecular weight excluding hydrogens is 230 g/mol. The first-order valence-corrected chi connectivity index (χ1v) is 6.21. The molecule has 0 N–H and O–H groups in total. The first-order chi connectivity index (χ1) is 8.16. The van der Waals surface area contributed by atoms with Gasteiger partial charge < -0.3 is 0 Å². The third-order valence-electron chi connectivity index (χ3n) is 2.89. The van der Waals surface area contributed by atoms with Crippen LogP contribution in [0.2, 0.25) is 0 Å². The molecule has 0 aliphatic carbocycles. The molecule has 0 aliphatic rings. The summed E-state index contributed by atoms with van der Waals surface area (Å²) in [5.41, 5.74) is 4.73. The summed E-state index contributed by atoms with van der Waals surface area (Å²) in [4.78, 5) is 4.31. The van der Waals surface area contributed by atoms with Crippen LogP contribution in [-0.2, 0) is 6.42 Å². The van der Waals surface area contributed by atoms with Crippen molar-refractivity contribution in [2.24, 2.45) is 0 Å². The number of nitrogens with zero attached hydrogens (tertiary/aromatic N) is 1. The normalized spacial score (nSPS) is 12.4. The third-order valence-corrected chi connectivity index (χ3v) is 3.28. The van der Waals surface area contributed by atoms with Crippen LogP contribution in [-0.4, -0.2) is 4.98 Å². The van der Waals surface area contributed by atoms with Crippen molar-refractivity contribution in [2.75, 3.05) is 0 Å². The molecule has 1 aromatic carbocycles. The van der Waals surface area contributed by atoms with E-state index in [-0.39, 0.29) is 5.38 Å². The zero-order valence-corrected chi connectivity index (χ0v) is 10.9. The van der Waals surface area contributed by atoms with Gasteiger partial charge in [-0.2, -0.15) is 0 Å². The highest BCUT2D eigenvalue weighted by Gasteiger charge is 2.12. The molecule has 1 unspecified atom stereocenters. The van der Waals surface area contributed by atoms with Gasteiger partial charge in [0.2, 0.25) is 0 Å². The van der Waals surface area contributed by atoms with Crippen LogP contribution in [0.3, 0.4) is 0 Å². The van der Waals surface area contributed by atoms with Crippen molar-refractivity contribution in [1.29, 1.82) is 0 Å². The minimum Gasteiger partial charge on any atom is -0.261 e. The SMILES string of the molecule is Cc1ccc(C)c(C(Cl)Cc2ccccn2)c1. The Labute approximate surface area is 107 Å². The largest absolute Gasteiger partial charge is 0.261 e. The quantitative estimate of drug-likeness (QED) is 0.738. The van der Waals surface area contributed by atoms with Crippen molar-refractivity contribution in [1.82, 2.24) is 4.98 Å². The highest BCUT2D eigenvalue weighted by molar-refractivity contribution is 6.21. The Morgan fingerprint density at radius 1 is 1.18 bits per heavy atom. The molecule has 2 rings (SSSR count). The molecule has 17 heavy (non-hydrogen) atoms. The Morgan fingerprint density at radius 2 is 2.00 bits per heavy atom. The molecule has 0 saturated heterocycles. The first-order valence-electron chi connectivity index (χ1n) is 5.78. The number of benzene rings is 1. The summed E-state index contributed by atoms with van der Waals surface area (Å²) in [7, 11) is 0. The highest BCUT2D eigenvalue weighted by Crippen LogP contribution is 2.27. The summed E-state index contributed by atoms with van der Waals surface area (Å²) in [6.07, 6.45) is 2.58. The van der Waals surface area contributed by atoms with Crippen molar-refractivity contribution in [3.8, 4) is 0 Å². The van der Waals surface area contributed by atoms with Crippen molar-refractivity contribution >= 4 is 11.6 Å². The molecule has 0 radical (unpaired) electrons. The van der Waals surface area contributed by atoms with E-state index in [1.165, 1.54) is 16.7 Å². The standard InChI is InChI=1S/C15H16ClN/c1-11-6-7-12(2)14(9-11)15(16)10-13-5-3-4-8-17-13/h3-9,15H,10H2,1-2H3. The van der Waals surface area contributed by atoms with E-state index in [2.05, 4.69) is 37.0 Å². The lowest BCUT2D eigenvalue weighted by Gasteiger charge is -2.13. The molecule has 0 saturated carbocycles. The average molecular weight is 246 g/mol. The second-order valence-electron chi connectivity index (χ2n) is 4.35. The lowest BCUT2D eigenvalue weighted by molar-refractivity contribution is 0.872. The molecule has 1 nitrogen and oxygen atoms in total. The topological polar surface area (TPSA) is 12.9 Å². The smallest absolute Gasteiger partial charge is 0.0643 e. The summed E-state index contributed by atoms with van der Waals surface area (Å²) < 4.78 is 0. The fraction of sp³-hybridized carbons (Fsp3) is 0.267. The Kier molecular flexibility index (Phi) is 3.80. The summed E-state index contributed by atoms with van der Waals surface area (Å²) in [6, 6.07) is 12.3. The van der Waals surface area contributed by atoms with Gasteiger partial charge in [-0.3, -0.25) is 4.98 Å². The lowest BCUT2D eigenvalue weighted by Crippen LogP contribution is -2.00. The van der Waals surface area contributed by atoms with Crippen molar-refractivity contribution in [3.63, 3.8) is 0 Å². The third kappa shape index (κ3) is 3.07. The Bertz CT molecular complexity index is 494.